The van der Waals surface area contributed by atoms with E-state index < -0.39 is 11.0 Å². The van der Waals surface area contributed by atoms with Crippen molar-refractivity contribution in [2.45, 2.75) is 25.0 Å². The normalized spacial score (nSPS) is 17.9. The van der Waals surface area contributed by atoms with Crippen molar-refractivity contribution in [1.29, 1.82) is 0 Å². The molecule has 20 heavy (non-hydrogen) atoms. The third-order valence-corrected chi connectivity index (χ3v) is 5.41. The maximum Gasteiger partial charge on any atom is 0.0987 e. The van der Waals surface area contributed by atoms with Crippen LogP contribution >= 0.6 is 0 Å². The molecule has 0 spiro atoms. The van der Waals surface area contributed by atoms with Gasteiger partial charge in [-0.2, -0.15) is 0 Å². The van der Waals surface area contributed by atoms with Crippen molar-refractivity contribution in [2.24, 2.45) is 5.73 Å². The Bertz CT molecular complexity index is 617. The Morgan fingerprint density at radius 2 is 2.10 bits per heavy atom. The molecule has 4 nitrogen and oxygen atoms in total. The summed E-state index contributed by atoms with van der Waals surface area (Å²) in [5, 5.41) is 1.21. The predicted molar refractivity (Wildman–Crippen MR) is 83.7 cm³/mol. The van der Waals surface area contributed by atoms with Crippen molar-refractivity contribution in [3.8, 4) is 0 Å². The number of H-pyrrole nitrogens is 1. The number of rotatable bonds is 5. The number of nitrogens with two attached hydrogens (primary N) is 1. The zero-order valence-corrected chi connectivity index (χ0v) is 12.4. The highest BCUT2D eigenvalue weighted by Crippen LogP contribution is 2.22. The Kier molecular flexibility index (Phi) is 4.19. The van der Waals surface area contributed by atoms with Gasteiger partial charge in [0.1, 0.15) is 0 Å². The van der Waals surface area contributed by atoms with Gasteiger partial charge in [-0.3, -0.25) is 0 Å². The molecule has 1 saturated heterocycles. The smallest absolute Gasteiger partial charge is 0.0987 e. The van der Waals surface area contributed by atoms with Crippen LogP contribution in [0.1, 0.15) is 24.0 Å². The predicted octanol–water partition coefficient (Wildman–Crippen LogP) is 1.93. The number of fused-ring (bicyclic) bond motifs is 1. The minimum Gasteiger partial charge on any atom is -0.361 e. The second-order valence-electron chi connectivity index (χ2n) is 5.33. The van der Waals surface area contributed by atoms with Crippen LogP contribution in [-0.4, -0.2) is 33.1 Å². The van der Waals surface area contributed by atoms with Gasteiger partial charge in [-0.15, -0.1) is 0 Å². The van der Waals surface area contributed by atoms with Crippen molar-refractivity contribution in [2.75, 3.05) is 19.6 Å². The van der Waals surface area contributed by atoms with Crippen LogP contribution in [0.5, 0.6) is 0 Å². The van der Waals surface area contributed by atoms with Crippen molar-refractivity contribution in [3.05, 3.63) is 35.5 Å². The van der Waals surface area contributed by atoms with E-state index in [-0.39, 0.29) is 0 Å². The Morgan fingerprint density at radius 3 is 2.85 bits per heavy atom. The maximum absolute atomic E-state index is 12.3. The first-order valence-corrected chi connectivity index (χ1v) is 8.48. The quantitative estimate of drug-likeness (QED) is 0.884. The van der Waals surface area contributed by atoms with Crippen LogP contribution in [0, 0.1) is 0 Å². The third kappa shape index (κ3) is 2.80. The van der Waals surface area contributed by atoms with Crippen LogP contribution < -0.4 is 5.73 Å². The van der Waals surface area contributed by atoms with E-state index in [4.69, 9.17) is 5.73 Å². The zero-order valence-electron chi connectivity index (χ0n) is 11.6. The first-order valence-electron chi connectivity index (χ1n) is 7.20. The number of benzene rings is 1. The summed E-state index contributed by atoms with van der Waals surface area (Å²) < 4.78 is 14.4. The lowest BCUT2D eigenvalue weighted by atomic mass is 10.1. The second-order valence-corrected chi connectivity index (χ2v) is 6.78. The van der Waals surface area contributed by atoms with E-state index in [0.29, 0.717) is 12.3 Å². The molecule has 1 unspecified atom stereocenters. The fourth-order valence-electron chi connectivity index (χ4n) is 2.80. The van der Waals surface area contributed by atoms with E-state index in [1.165, 1.54) is 23.8 Å². The van der Waals surface area contributed by atoms with Crippen LogP contribution in [-0.2, 0) is 23.2 Å². The fraction of sp³-hybridized carbons (Fsp3) is 0.467. The molecule has 1 fully saturated rings. The second kappa shape index (κ2) is 6.08. The Balaban J connectivity index is 1.80. The molecule has 0 radical (unpaired) electrons. The van der Waals surface area contributed by atoms with Crippen molar-refractivity contribution in [1.82, 2.24) is 9.29 Å². The molecule has 1 atom stereocenters. The van der Waals surface area contributed by atoms with Gasteiger partial charge >= 0.3 is 0 Å². The average molecular weight is 291 g/mol. The van der Waals surface area contributed by atoms with Gasteiger partial charge in [-0.1, -0.05) is 6.07 Å². The molecule has 0 bridgehead atoms. The van der Waals surface area contributed by atoms with Crippen LogP contribution in [0.4, 0.5) is 0 Å². The van der Waals surface area contributed by atoms with Gasteiger partial charge < -0.3 is 10.7 Å². The zero-order chi connectivity index (χ0) is 13.9. The molecule has 108 valence electrons. The molecule has 1 aliphatic heterocycles. The summed E-state index contributed by atoms with van der Waals surface area (Å²) in [6.45, 7) is 2.59. The Labute approximate surface area is 121 Å². The van der Waals surface area contributed by atoms with E-state index in [2.05, 4.69) is 27.5 Å². The molecule has 2 aromatic rings. The minimum absolute atomic E-state index is 0.614. The molecule has 1 aromatic heterocycles. The third-order valence-electron chi connectivity index (χ3n) is 3.89. The standard InChI is InChI=1S/C15H21N3OS/c16-6-5-13-10-17-15-4-3-12(9-14(13)15)11-20(19)18-7-1-2-8-18/h3-4,9-10,17H,1-2,5-8,11,16H2. The Hall–Kier alpha value is -1.17. The summed E-state index contributed by atoms with van der Waals surface area (Å²) in [6.07, 6.45) is 5.24. The number of nitrogens with one attached hydrogen (secondary N) is 1. The highest BCUT2D eigenvalue weighted by molar-refractivity contribution is 7.81. The molecular formula is C15H21N3OS. The van der Waals surface area contributed by atoms with Gasteiger partial charge in [0.2, 0.25) is 0 Å². The molecule has 0 amide bonds. The van der Waals surface area contributed by atoms with E-state index in [1.807, 2.05) is 6.20 Å². The number of nitrogens with zero attached hydrogens (tertiary/aromatic N) is 1. The largest absolute Gasteiger partial charge is 0.361 e. The van der Waals surface area contributed by atoms with E-state index in [1.54, 1.807) is 0 Å². The number of aromatic amines is 1. The molecule has 1 aromatic carbocycles. The number of hydrogen-bond donors (Lipinski definition) is 2. The van der Waals surface area contributed by atoms with Gasteiger partial charge in [0.15, 0.2) is 0 Å². The lowest BCUT2D eigenvalue weighted by Crippen LogP contribution is -2.23. The van der Waals surface area contributed by atoms with Crippen LogP contribution in [0.3, 0.4) is 0 Å². The Morgan fingerprint density at radius 1 is 1.30 bits per heavy atom. The van der Waals surface area contributed by atoms with Gasteiger partial charge in [-0.25, -0.2) is 8.51 Å². The number of hydrogen-bond acceptors (Lipinski definition) is 2. The van der Waals surface area contributed by atoms with Gasteiger partial charge in [0.05, 0.1) is 16.7 Å². The summed E-state index contributed by atoms with van der Waals surface area (Å²) in [7, 11) is -0.889. The van der Waals surface area contributed by atoms with Crippen molar-refractivity contribution >= 4 is 21.9 Å². The summed E-state index contributed by atoms with van der Waals surface area (Å²) >= 11 is 0. The lowest BCUT2D eigenvalue weighted by molar-refractivity contribution is 0.535. The molecule has 3 rings (SSSR count). The summed E-state index contributed by atoms with van der Waals surface area (Å²) in [5.41, 5.74) is 9.16. The van der Waals surface area contributed by atoms with Crippen molar-refractivity contribution in [3.63, 3.8) is 0 Å². The molecule has 0 saturated carbocycles. The topological polar surface area (TPSA) is 62.1 Å². The lowest BCUT2D eigenvalue weighted by Gasteiger charge is -2.13. The van der Waals surface area contributed by atoms with E-state index in [9.17, 15) is 4.21 Å². The molecular weight excluding hydrogens is 270 g/mol. The fourth-order valence-corrected chi connectivity index (χ4v) is 4.12. The molecule has 0 aliphatic carbocycles. The SMILES string of the molecule is NCCc1c[nH]c2ccc(CS(=O)N3CCCC3)cc12. The molecule has 3 N–H and O–H groups in total. The van der Waals surface area contributed by atoms with Crippen LogP contribution in [0.25, 0.3) is 10.9 Å². The number of aromatic nitrogens is 1. The van der Waals surface area contributed by atoms with E-state index >= 15 is 0 Å². The van der Waals surface area contributed by atoms with Crippen LogP contribution in [0.2, 0.25) is 0 Å². The first kappa shape index (κ1) is 13.8. The first-order chi connectivity index (χ1) is 9.78. The summed E-state index contributed by atoms with van der Waals surface area (Å²) in [4.78, 5) is 3.27. The highest BCUT2D eigenvalue weighted by atomic mass is 32.2. The van der Waals surface area contributed by atoms with Crippen molar-refractivity contribution < 1.29 is 4.21 Å². The average Bonchev–Trinajstić information content (AvgIpc) is 3.09. The highest BCUT2D eigenvalue weighted by Gasteiger charge is 2.18. The minimum atomic E-state index is -0.889. The summed E-state index contributed by atoms with van der Waals surface area (Å²) in [5.74, 6) is 0.614. The molecule has 5 heteroatoms. The molecule has 1 aliphatic rings. The maximum atomic E-state index is 12.3. The van der Waals surface area contributed by atoms with Gasteiger partial charge in [0.25, 0.3) is 0 Å². The van der Waals surface area contributed by atoms with E-state index in [0.717, 1.165) is 30.6 Å². The summed E-state index contributed by atoms with van der Waals surface area (Å²) in [6, 6.07) is 6.30. The van der Waals surface area contributed by atoms with Crippen LogP contribution in [0.15, 0.2) is 24.4 Å². The van der Waals surface area contributed by atoms with Gasteiger partial charge in [-0.05, 0) is 49.1 Å². The van der Waals surface area contributed by atoms with Gasteiger partial charge in [0, 0.05) is 30.2 Å². The monoisotopic (exact) mass is 291 g/mol. The molecule has 2 heterocycles.